The first-order valence-corrected chi connectivity index (χ1v) is 14.0. The van der Waals surface area contributed by atoms with Crippen LogP contribution in [0.15, 0.2) is 10.6 Å². The third-order valence-corrected chi connectivity index (χ3v) is 9.63. The van der Waals surface area contributed by atoms with Crippen LogP contribution in [0.2, 0.25) is 0 Å². The average Bonchev–Trinajstić information content (AvgIpc) is 3.79. The predicted octanol–water partition coefficient (Wildman–Crippen LogP) is 5.50. The van der Waals surface area contributed by atoms with Crippen LogP contribution >= 0.6 is 0 Å². The smallest absolute Gasteiger partial charge is 0.354 e. The first-order chi connectivity index (χ1) is 17.5. The van der Waals surface area contributed by atoms with Gasteiger partial charge in [0.05, 0.1) is 18.4 Å². The second-order valence-corrected chi connectivity index (χ2v) is 12.2. The monoisotopic (exact) mass is 492 g/mol. The highest BCUT2D eigenvalue weighted by molar-refractivity contribution is 5.85. The van der Waals surface area contributed by atoms with Crippen molar-refractivity contribution >= 4 is 11.9 Å². The fourth-order valence-corrected chi connectivity index (χ4v) is 7.22. The molecule has 3 aliphatic carbocycles. The minimum Gasteiger partial charge on any atom is -0.477 e. The van der Waals surface area contributed by atoms with Crippen molar-refractivity contribution in [3.63, 3.8) is 0 Å². The molecule has 2 atom stereocenters. The fourth-order valence-electron chi connectivity index (χ4n) is 7.22. The Kier molecular flexibility index (Phi) is 5.38. The quantitative estimate of drug-likeness (QED) is 0.540. The molecule has 192 valence electrons. The number of hydrogen-bond donors (Lipinski definition) is 1. The lowest BCUT2D eigenvalue weighted by molar-refractivity contribution is 0.0138. The summed E-state index contributed by atoms with van der Waals surface area (Å²) in [6, 6.07) is 2.11. The van der Waals surface area contributed by atoms with Crippen molar-refractivity contribution in [1.82, 2.24) is 15.1 Å². The summed E-state index contributed by atoms with van der Waals surface area (Å²) < 4.78 is 12.6. The number of fused-ring (bicyclic) bond motifs is 2. The molecule has 0 aromatic carbocycles. The van der Waals surface area contributed by atoms with E-state index in [0.717, 1.165) is 31.4 Å². The Bertz CT molecular complexity index is 1150. The SMILES string of the molecule is Cc1cc(C(=O)O)nc(N2C3CCC2CC(OCc2c(C4CCC5(CC4)CC5)noc2C2CC2)C3)n1. The zero-order valence-electron chi connectivity index (χ0n) is 21.1. The van der Waals surface area contributed by atoms with Crippen molar-refractivity contribution in [3.8, 4) is 0 Å². The summed E-state index contributed by atoms with van der Waals surface area (Å²) in [7, 11) is 0. The third kappa shape index (κ3) is 4.11. The van der Waals surface area contributed by atoms with Gasteiger partial charge in [0.15, 0.2) is 5.69 Å². The summed E-state index contributed by atoms with van der Waals surface area (Å²) in [6.07, 6.45) is 14.6. The van der Waals surface area contributed by atoms with E-state index >= 15 is 0 Å². The van der Waals surface area contributed by atoms with Crippen LogP contribution < -0.4 is 4.90 Å². The Hall–Kier alpha value is -2.48. The van der Waals surface area contributed by atoms with Gasteiger partial charge in [0.1, 0.15) is 5.76 Å². The maximum absolute atomic E-state index is 11.5. The minimum absolute atomic E-state index is 0.0678. The van der Waals surface area contributed by atoms with E-state index in [4.69, 9.17) is 9.26 Å². The molecule has 4 heterocycles. The van der Waals surface area contributed by atoms with Gasteiger partial charge in [-0.25, -0.2) is 14.8 Å². The van der Waals surface area contributed by atoms with Gasteiger partial charge in [-0.2, -0.15) is 0 Å². The number of ether oxygens (including phenoxy) is 1. The predicted molar refractivity (Wildman–Crippen MR) is 132 cm³/mol. The fraction of sp³-hybridized carbons (Fsp3) is 0.714. The van der Waals surface area contributed by atoms with E-state index in [1.165, 1.54) is 68.7 Å². The second-order valence-electron chi connectivity index (χ2n) is 12.2. The molecule has 2 aliphatic heterocycles. The van der Waals surface area contributed by atoms with Crippen LogP contribution in [-0.4, -0.2) is 44.4 Å². The minimum atomic E-state index is -1.01. The van der Waals surface area contributed by atoms with Gasteiger partial charge in [0, 0.05) is 35.2 Å². The molecule has 1 N–H and O–H groups in total. The molecule has 2 aromatic heterocycles. The summed E-state index contributed by atoms with van der Waals surface area (Å²) in [4.78, 5) is 22.8. The Labute approximate surface area is 211 Å². The number of rotatable bonds is 7. The normalized spacial score (nSPS) is 29.1. The lowest BCUT2D eigenvalue weighted by Crippen LogP contribution is -2.46. The van der Waals surface area contributed by atoms with E-state index in [1.54, 1.807) is 0 Å². The molecular formula is C28H36N4O4. The number of hydrogen-bond acceptors (Lipinski definition) is 7. The number of aromatic nitrogens is 3. The Morgan fingerprint density at radius 1 is 1.06 bits per heavy atom. The lowest BCUT2D eigenvalue weighted by atomic mass is 9.77. The summed E-state index contributed by atoms with van der Waals surface area (Å²) in [5.41, 5.74) is 3.87. The van der Waals surface area contributed by atoms with Crippen LogP contribution in [0.1, 0.15) is 122 Å². The van der Waals surface area contributed by atoms with E-state index in [1.807, 2.05) is 6.92 Å². The van der Waals surface area contributed by atoms with Crippen LogP contribution in [0.3, 0.4) is 0 Å². The summed E-state index contributed by atoms with van der Waals surface area (Å²) >= 11 is 0. The topological polar surface area (TPSA) is 102 Å². The first-order valence-electron chi connectivity index (χ1n) is 14.0. The maximum atomic E-state index is 11.5. The number of aromatic carboxylic acids is 1. The number of carboxylic acid groups (broad SMARTS) is 1. The van der Waals surface area contributed by atoms with Crippen molar-refractivity contribution in [3.05, 3.63) is 34.5 Å². The molecule has 0 amide bonds. The van der Waals surface area contributed by atoms with Gasteiger partial charge in [-0.05, 0) is 95.5 Å². The van der Waals surface area contributed by atoms with Crippen LogP contribution in [0, 0.1) is 12.3 Å². The van der Waals surface area contributed by atoms with Crippen LogP contribution in [-0.2, 0) is 11.3 Å². The zero-order valence-corrected chi connectivity index (χ0v) is 21.1. The van der Waals surface area contributed by atoms with Crippen molar-refractivity contribution in [2.45, 2.75) is 121 Å². The van der Waals surface area contributed by atoms with Gasteiger partial charge in [-0.1, -0.05) is 5.16 Å². The van der Waals surface area contributed by atoms with Gasteiger partial charge < -0.3 is 19.3 Å². The molecule has 5 aliphatic rings. The van der Waals surface area contributed by atoms with Gasteiger partial charge in [0.25, 0.3) is 0 Å². The van der Waals surface area contributed by atoms with Gasteiger partial charge in [0.2, 0.25) is 5.95 Å². The number of anilines is 1. The molecule has 7 rings (SSSR count). The number of piperidine rings is 1. The van der Waals surface area contributed by atoms with E-state index in [9.17, 15) is 9.90 Å². The second kappa shape index (κ2) is 8.54. The van der Waals surface area contributed by atoms with E-state index < -0.39 is 5.97 Å². The van der Waals surface area contributed by atoms with Crippen LogP contribution in [0.25, 0.3) is 0 Å². The maximum Gasteiger partial charge on any atom is 0.354 e. The average molecular weight is 493 g/mol. The molecule has 8 nitrogen and oxygen atoms in total. The first kappa shape index (κ1) is 22.7. The summed E-state index contributed by atoms with van der Waals surface area (Å²) in [5.74, 6) is 1.69. The van der Waals surface area contributed by atoms with Gasteiger partial charge in [-0.15, -0.1) is 0 Å². The van der Waals surface area contributed by atoms with Crippen molar-refractivity contribution in [2.75, 3.05) is 4.90 Å². The molecule has 36 heavy (non-hydrogen) atoms. The molecule has 8 heteroatoms. The number of aryl methyl sites for hydroxylation is 1. The summed E-state index contributed by atoms with van der Waals surface area (Å²) in [6.45, 7) is 2.43. The molecule has 0 radical (unpaired) electrons. The van der Waals surface area contributed by atoms with E-state index in [0.29, 0.717) is 35.5 Å². The van der Waals surface area contributed by atoms with Gasteiger partial charge >= 0.3 is 5.97 Å². The lowest BCUT2D eigenvalue weighted by Gasteiger charge is -2.39. The van der Waals surface area contributed by atoms with Crippen LogP contribution in [0.5, 0.6) is 0 Å². The van der Waals surface area contributed by atoms with E-state index in [-0.39, 0.29) is 23.9 Å². The number of carboxylic acids is 1. The van der Waals surface area contributed by atoms with Crippen LogP contribution in [0.4, 0.5) is 5.95 Å². The molecule has 2 aromatic rings. The highest BCUT2D eigenvalue weighted by atomic mass is 16.5. The Morgan fingerprint density at radius 2 is 1.78 bits per heavy atom. The highest BCUT2D eigenvalue weighted by Gasteiger charge is 2.47. The van der Waals surface area contributed by atoms with E-state index in [2.05, 4.69) is 20.0 Å². The third-order valence-electron chi connectivity index (χ3n) is 9.63. The van der Waals surface area contributed by atoms with Crippen molar-refractivity contribution in [2.24, 2.45) is 5.41 Å². The Morgan fingerprint density at radius 3 is 2.42 bits per heavy atom. The molecule has 5 fully saturated rings. The molecule has 2 unspecified atom stereocenters. The zero-order chi connectivity index (χ0) is 24.4. The van der Waals surface area contributed by atoms with Crippen molar-refractivity contribution in [1.29, 1.82) is 0 Å². The molecule has 2 bridgehead atoms. The van der Waals surface area contributed by atoms with Crippen molar-refractivity contribution < 1.29 is 19.2 Å². The summed E-state index contributed by atoms with van der Waals surface area (Å²) in [5, 5.41) is 14.1. The number of carbonyl (C=O) groups is 1. The molecule has 3 saturated carbocycles. The standard InChI is InChI=1S/C28H36N4O4/c1-16-12-23(26(33)34)30-27(29-16)32-19-4-5-20(32)14-21(13-19)35-15-22-24(31-36-25(22)18-2-3-18)17-6-8-28(9-7-17)10-11-28/h12,17-21H,2-11,13-15H2,1H3,(H,33,34). The number of nitrogens with zero attached hydrogens (tertiary/aromatic N) is 4. The highest BCUT2D eigenvalue weighted by Crippen LogP contribution is 2.59. The molecule has 2 saturated heterocycles. The molecular weight excluding hydrogens is 456 g/mol. The van der Waals surface area contributed by atoms with Gasteiger partial charge in [-0.3, -0.25) is 0 Å². The molecule has 1 spiro atoms. The Balaban J connectivity index is 1.05. The largest absolute Gasteiger partial charge is 0.477 e.